The van der Waals surface area contributed by atoms with Crippen molar-refractivity contribution in [2.75, 3.05) is 0 Å². The van der Waals surface area contributed by atoms with Gasteiger partial charge in [-0.3, -0.25) is 0 Å². The highest BCUT2D eigenvalue weighted by molar-refractivity contribution is 5.82. The third-order valence-electron chi connectivity index (χ3n) is 4.64. The molecule has 0 N–H and O–H groups in total. The van der Waals surface area contributed by atoms with Crippen molar-refractivity contribution in [2.24, 2.45) is 0 Å². The van der Waals surface area contributed by atoms with Crippen LogP contribution in [-0.4, -0.2) is 0 Å². The SMILES string of the molecule is CC1(c2ccc(F)cc2)c2ccccc2-c2ccccc21. The van der Waals surface area contributed by atoms with Crippen LogP contribution in [0.3, 0.4) is 0 Å². The Morgan fingerprint density at radius 1 is 0.667 bits per heavy atom. The van der Waals surface area contributed by atoms with E-state index in [9.17, 15) is 4.39 Å². The molecule has 1 aliphatic carbocycles. The molecule has 21 heavy (non-hydrogen) atoms. The smallest absolute Gasteiger partial charge is 0.123 e. The fraction of sp³-hybridized carbons (Fsp3) is 0.100. The van der Waals surface area contributed by atoms with E-state index in [0.29, 0.717) is 0 Å². The molecule has 0 saturated heterocycles. The van der Waals surface area contributed by atoms with Gasteiger partial charge in [0, 0.05) is 5.41 Å². The number of benzene rings is 3. The Hall–Kier alpha value is -2.41. The molecule has 1 aliphatic rings. The Bertz CT molecular complexity index is 770. The summed E-state index contributed by atoms with van der Waals surface area (Å²) in [6.07, 6.45) is 0. The Balaban J connectivity index is 2.06. The normalized spacial score (nSPS) is 14.6. The van der Waals surface area contributed by atoms with Crippen LogP contribution in [-0.2, 0) is 5.41 Å². The van der Waals surface area contributed by atoms with Crippen molar-refractivity contribution in [3.63, 3.8) is 0 Å². The van der Waals surface area contributed by atoms with Crippen LogP contribution in [0.1, 0.15) is 23.6 Å². The van der Waals surface area contributed by atoms with Gasteiger partial charge in [-0.2, -0.15) is 0 Å². The zero-order chi connectivity index (χ0) is 14.4. The van der Waals surface area contributed by atoms with Gasteiger partial charge in [-0.15, -0.1) is 0 Å². The van der Waals surface area contributed by atoms with Crippen LogP contribution >= 0.6 is 0 Å². The van der Waals surface area contributed by atoms with E-state index in [4.69, 9.17) is 0 Å². The number of rotatable bonds is 1. The molecule has 0 bridgehead atoms. The molecule has 0 unspecified atom stereocenters. The molecule has 0 saturated carbocycles. The van der Waals surface area contributed by atoms with E-state index in [1.807, 2.05) is 12.1 Å². The molecule has 3 aromatic rings. The van der Waals surface area contributed by atoms with Gasteiger partial charge in [0.05, 0.1) is 0 Å². The van der Waals surface area contributed by atoms with E-state index in [-0.39, 0.29) is 11.2 Å². The van der Waals surface area contributed by atoms with Crippen LogP contribution in [0.4, 0.5) is 4.39 Å². The first-order valence-corrected chi connectivity index (χ1v) is 7.17. The van der Waals surface area contributed by atoms with E-state index < -0.39 is 0 Å². The van der Waals surface area contributed by atoms with Gasteiger partial charge in [0.25, 0.3) is 0 Å². The minimum atomic E-state index is -0.221. The lowest BCUT2D eigenvalue weighted by molar-refractivity contribution is 0.623. The number of fused-ring (bicyclic) bond motifs is 3. The highest BCUT2D eigenvalue weighted by Crippen LogP contribution is 2.51. The summed E-state index contributed by atoms with van der Waals surface area (Å²) in [6.45, 7) is 2.23. The first-order valence-electron chi connectivity index (χ1n) is 7.17. The monoisotopic (exact) mass is 274 g/mol. The van der Waals surface area contributed by atoms with Gasteiger partial charge >= 0.3 is 0 Å². The number of halogens is 1. The second kappa shape index (κ2) is 4.29. The average molecular weight is 274 g/mol. The average Bonchev–Trinajstić information content (AvgIpc) is 2.80. The van der Waals surface area contributed by atoms with Crippen molar-refractivity contribution in [2.45, 2.75) is 12.3 Å². The standard InChI is InChI=1S/C20H15F/c1-20(14-10-12-15(21)13-11-14)18-8-4-2-6-16(18)17-7-3-5-9-19(17)20/h2-13H,1H3. The molecule has 0 spiro atoms. The van der Waals surface area contributed by atoms with E-state index in [2.05, 4.69) is 55.5 Å². The van der Waals surface area contributed by atoms with Gasteiger partial charge in [-0.05, 0) is 46.9 Å². The quantitative estimate of drug-likeness (QED) is 0.575. The minimum absolute atomic E-state index is 0.193. The van der Waals surface area contributed by atoms with Gasteiger partial charge < -0.3 is 0 Å². The van der Waals surface area contributed by atoms with E-state index in [1.165, 1.54) is 22.3 Å². The van der Waals surface area contributed by atoms with Crippen molar-refractivity contribution in [3.05, 3.63) is 95.3 Å². The largest absolute Gasteiger partial charge is 0.207 e. The molecular weight excluding hydrogens is 259 g/mol. The molecule has 3 aromatic carbocycles. The maximum atomic E-state index is 13.3. The summed E-state index contributed by atoms with van der Waals surface area (Å²) >= 11 is 0. The Labute approximate surface area is 123 Å². The molecule has 0 amide bonds. The van der Waals surface area contributed by atoms with Crippen molar-refractivity contribution < 1.29 is 4.39 Å². The summed E-state index contributed by atoms with van der Waals surface area (Å²) in [5.41, 5.74) is 6.04. The van der Waals surface area contributed by atoms with Gasteiger partial charge in [-0.1, -0.05) is 60.7 Å². The third-order valence-corrected chi connectivity index (χ3v) is 4.64. The summed E-state index contributed by atoms with van der Waals surface area (Å²) in [7, 11) is 0. The molecular formula is C20H15F. The predicted molar refractivity (Wildman–Crippen MR) is 83.8 cm³/mol. The summed E-state index contributed by atoms with van der Waals surface area (Å²) in [6, 6.07) is 23.9. The molecule has 0 aromatic heterocycles. The Morgan fingerprint density at radius 2 is 1.14 bits per heavy atom. The van der Waals surface area contributed by atoms with E-state index >= 15 is 0 Å². The first-order chi connectivity index (χ1) is 10.2. The molecule has 0 atom stereocenters. The summed E-state index contributed by atoms with van der Waals surface area (Å²) < 4.78 is 13.3. The maximum Gasteiger partial charge on any atom is 0.123 e. The zero-order valence-corrected chi connectivity index (χ0v) is 11.8. The van der Waals surface area contributed by atoms with Crippen molar-refractivity contribution in [1.82, 2.24) is 0 Å². The van der Waals surface area contributed by atoms with Crippen LogP contribution in [0, 0.1) is 5.82 Å². The summed E-state index contributed by atoms with van der Waals surface area (Å²) in [5, 5.41) is 0. The molecule has 0 aliphatic heterocycles. The topological polar surface area (TPSA) is 0 Å². The molecule has 1 heteroatoms. The lowest BCUT2D eigenvalue weighted by Crippen LogP contribution is -2.22. The minimum Gasteiger partial charge on any atom is -0.207 e. The molecule has 0 nitrogen and oxygen atoms in total. The van der Waals surface area contributed by atoms with E-state index in [1.54, 1.807) is 12.1 Å². The number of hydrogen-bond donors (Lipinski definition) is 0. The zero-order valence-electron chi connectivity index (χ0n) is 11.8. The predicted octanol–water partition coefficient (Wildman–Crippen LogP) is 5.16. The molecule has 102 valence electrons. The third kappa shape index (κ3) is 1.61. The second-order valence-corrected chi connectivity index (χ2v) is 5.72. The summed E-state index contributed by atoms with van der Waals surface area (Å²) in [5.74, 6) is -0.193. The fourth-order valence-corrected chi connectivity index (χ4v) is 3.55. The Morgan fingerprint density at radius 3 is 1.67 bits per heavy atom. The molecule has 0 radical (unpaired) electrons. The summed E-state index contributed by atoms with van der Waals surface area (Å²) in [4.78, 5) is 0. The number of hydrogen-bond acceptors (Lipinski definition) is 0. The molecule has 4 rings (SSSR count). The van der Waals surface area contributed by atoms with Crippen LogP contribution in [0.2, 0.25) is 0 Å². The van der Waals surface area contributed by atoms with Gasteiger partial charge in [0.1, 0.15) is 5.82 Å². The first kappa shape index (κ1) is 12.3. The lowest BCUT2D eigenvalue weighted by atomic mass is 9.74. The van der Waals surface area contributed by atoms with E-state index in [0.717, 1.165) is 5.56 Å². The lowest BCUT2D eigenvalue weighted by Gasteiger charge is -2.28. The second-order valence-electron chi connectivity index (χ2n) is 5.72. The maximum absolute atomic E-state index is 13.3. The highest BCUT2D eigenvalue weighted by atomic mass is 19.1. The molecule has 0 heterocycles. The van der Waals surface area contributed by atoms with Gasteiger partial charge in [0.15, 0.2) is 0 Å². The van der Waals surface area contributed by atoms with Crippen LogP contribution in [0.5, 0.6) is 0 Å². The van der Waals surface area contributed by atoms with Crippen LogP contribution in [0.25, 0.3) is 11.1 Å². The van der Waals surface area contributed by atoms with Crippen LogP contribution < -0.4 is 0 Å². The van der Waals surface area contributed by atoms with Crippen molar-refractivity contribution in [1.29, 1.82) is 0 Å². The van der Waals surface area contributed by atoms with Gasteiger partial charge in [-0.25, -0.2) is 4.39 Å². The molecule has 0 fully saturated rings. The van der Waals surface area contributed by atoms with Crippen LogP contribution in [0.15, 0.2) is 72.8 Å². The highest BCUT2D eigenvalue weighted by Gasteiger charge is 2.40. The van der Waals surface area contributed by atoms with Crippen molar-refractivity contribution >= 4 is 0 Å². The fourth-order valence-electron chi connectivity index (χ4n) is 3.55. The van der Waals surface area contributed by atoms with Gasteiger partial charge in [0.2, 0.25) is 0 Å². The Kier molecular flexibility index (Phi) is 2.52. The van der Waals surface area contributed by atoms with Crippen molar-refractivity contribution in [3.8, 4) is 11.1 Å².